The third-order valence-electron chi connectivity index (χ3n) is 2.62. The van der Waals surface area contributed by atoms with Gasteiger partial charge in [0.25, 0.3) is 5.91 Å². The Morgan fingerprint density at radius 1 is 1.42 bits per heavy atom. The summed E-state index contributed by atoms with van der Waals surface area (Å²) in [5.41, 5.74) is 0.557. The summed E-state index contributed by atoms with van der Waals surface area (Å²) in [7, 11) is 0. The number of carbonyl (C=O) groups excluding carboxylic acids is 1. The van der Waals surface area contributed by atoms with Crippen LogP contribution in [0.25, 0.3) is 0 Å². The lowest BCUT2D eigenvalue weighted by Crippen LogP contribution is -2.30. The van der Waals surface area contributed by atoms with E-state index in [0.717, 1.165) is 8.66 Å². The molecule has 0 aliphatic rings. The Morgan fingerprint density at radius 2 is 2.21 bits per heavy atom. The quantitative estimate of drug-likeness (QED) is 0.766. The van der Waals surface area contributed by atoms with Crippen molar-refractivity contribution >= 4 is 44.8 Å². The molecule has 0 atom stereocenters. The van der Waals surface area contributed by atoms with Crippen molar-refractivity contribution in [1.29, 1.82) is 0 Å². The van der Waals surface area contributed by atoms with Crippen LogP contribution in [0.4, 0.5) is 0 Å². The van der Waals surface area contributed by atoms with Gasteiger partial charge in [-0.05, 0) is 47.1 Å². The summed E-state index contributed by atoms with van der Waals surface area (Å²) < 4.78 is 1.07. The number of rotatable bonds is 4. The van der Waals surface area contributed by atoms with Crippen molar-refractivity contribution in [2.75, 3.05) is 6.54 Å². The van der Waals surface area contributed by atoms with E-state index in [0.29, 0.717) is 23.8 Å². The van der Waals surface area contributed by atoms with Gasteiger partial charge in [0.1, 0.15) is 5.15 Å². The Kier molecular flexibility index (Phi) is 4.96. The highest BCUT2D eigenvalue weighted by Gasteiger charge is 2.15. The van der Waals surface area contributed by atoms with Crippen LogP contribution >= 0.6 is 38.9 Å². The van der Waals surface area contributed by atoms with Gasteiger partial charge in [0.05, 0.1) is 15.9 Å². The SMILES string of the molecule is CCN(Cc1ccc(Br)s1)C(=O)c1ccc(Cl)nc1. The predicted molar refractivity (Wildman–Crippen MR) is 81.7 cm³/mol. The average molecular weight is 360 g/mol. The van der Waals surface area contributed by atoms with Crippen molar-refractivity contribution in [2.45, 2.75) is 13.5 Å². The summed E-state index contributed by atoms with van der Waals surface area (Å²) in [4.78, 5) is 19.2. The Balaban J connectivity index is 2.12. The number of halogens is 2. The third kappa shape index (κ3) is 3.78. The number of thiophene rings is 1. The topological polar surface area (TPSA) is 33.2 Å². The minimum atomic E-state index is -0.0313. The van der Waals surface area contributed by atoms with Gasteiger partial charge >= 0.3 is 0 Å². The van der Waals surface area contributed by atoms with Crippen LogP contribution in [0, 0.1) is 0 Å². The summed E-state index contributed by atoms with van der Waals surface area (Å²) >= 11 is 10.8. The molecule has 0 unspecified atom stereocenters. The van der Waals surface area contributed by atoms with Crippen molar-refractivity contribution in [3.05, 3.63) is 49.8 Å². The molecular formula is C13H12BrClN2OS. The molecule has 0 saturated heterocycles. The first kappa shape index (κ1) is 14.5. The summed E-state index contributed by atoms with van der Waals surface area (Å²) in [5, 5.41) is 0.391. The molecule has 0 aromatic carbocycles. The molecule has 19 heavy (non-hydrogen) atoms. The van der Waals surface area contributed by atoms with Crippen molar-refractivity contribution in [3.63, 3.8) is 0 Å². The smallest absolute Gasteiger partial charge is 0.255 e. The second-order valence-electron chi connectivity index (χ2n) is 3.89. The maximum absolute atomic E-state index is 12.3. The number of pyridine rings is 1. The number of hydrogen-bond donors (Lipinski definition) is 0. The van der Waals surface area contributed by atoms with Crippen LogP contribution in [0.1, 0.15) is 22.2 Å². The zero-order chi connectivity index (χ0) is 13.8. The molecule has 100 valence electrons. The third-order valence-corrected chi connectivity index (χ3v) is 4.45. The molecule has 0 aliphatic heterocycles. The number of hydrogen-bond acceptors (Lipinski definition) is 3. The summed E-state index contributed by atoms with van der Waals surface area (Å²) in [6, 6.07) is 7.34. The number of carbonyl (C=O) groups is 1. The maximum Gasteiger partial charge on any atom is 0.255 e. The minimum absolute atomic E-state index is 0.0313. The molecule has 2 heterocycles. The average Bonchev–Trinajstić information content (AvgIpc) is 2.81. The fourth-order valence-electron chi connectivity index (χ4n) is 1.64. The molecule has 0 N–H and O–H groups in total. The lowest BCUT2D eigenvalue weighted by atomic mass is 10.2. The first-order chi connectivity index (χ1) is 9.10. The molecule has 0 fully saturated rings. The van der Waals surface area contributed by atoms with E-state index in [9.17, 15) is 4.79 Å². The lowest BCUT2D eigenvalue weighted by Gasteiger charge is -2.20. The highest BCUT2D eigenvalue weighted by Crippen LogP contribution is 2.23. The fourth-order valence-corrected chi connectivity index (χ4v) is 3.25. The highest BCUT2D eigenvalue weighted by atomic mass is 79.9. The molecule has 1 amide bonds. The van der Waals surface area contributed by atoms with E-state index in [2.05, 4.69) is 20.9 Å². The summed E-state index contributed by atoms with van der Waals surface area (Å²) in [5.74, 6) is -0.0313. The second kappa shape index (κ2) is 6.50. The molecule has 0 radical (unpaired) electrons. The van der Waals surface area contributed by atoms with Crippen molar-refractivity contribution in [2.24, 2.45) is 0 Å². The van der Waals surface area contributed by atoms with E-state index in [4.69, 9.17) is 11.6 Å². The zero-order valence-electron chi connectivity index (χ0n) is 10.3. The summed E-state index contributed by atoms with van der Waals surface area (Å²) in [6.07, 6.45) is 1.51. The van der Waals surface area contributed by atoms with E-state index in [1.807, 2.05) is 19.1 Å². The van der Waals surface area contributed by atoms with E-state index < -0.39 is 0 Å². The number of amides is 1. The van der Waals surface area contributed by atoms with Crippen LogP contribution in [-0.2, 0) is 6.54 Å². The van der Waals surface area contributed by atoms with Crippen LogP contribution in [0.2, 0.25) is 5.15 Å². The van der Waals surface area contributed by atoms with Gasteiger partial charge in [-0.15, -0.1) is 11.3 Å². The van der Waals surface area contributed by atoms with Gasteiger partial charge in [-0.1, -0.05) is 11.6 Å². The minimum Gasteiger partial charge on any atom is -0.334 e. The molecule has 0 spiro atoms. The van der Waals surface area contributed by atoms with Gasteiger partial charge in [0, 0.05) is 17.6 Å². The maximum atomic E-state index is 12.3. The standard InChI is InChI=1S/C13H12BrClN2OS/c1-2-17(8-10-4-5-11(14)19-10)13(18)9-3-6-12(15)16-7-9/h3-7H,2,8H2,1H3. The van der Waals surface area contributed by atoms with Gasteiger partial charge in [-0.25, -0.2) is 4.98 Å². The molecule has 3 nitrogen and oxygen atoms in total. The Morgan fingerprint density at radius 3 is 2.74 bits per heavy atom. The van der Waals surface area contributed by atoms with Gasteiger partial charge in [0.2, 0.25) is 0 Å². The van der Waals surface area contributed by atoms with E-state index >= 15 is 0 Å². The first-order valence-electron chi connectivity index (χ1n) is 5.75. The zero-order valence-corrected chi connectivity index (χ0v) is 13.4. The molecule has 0 saturated carbocycles. The number of nitrogens with zero attached hydrogens (tertiary/aromatic N) is 2. The molecule has 2 aromatic rings. The molecule has 0 bridgehead atoms. The van der Waals surface area contributed by atoms with Crippen LogP contribution in [-0.4, -0.2) is 22.3 Å². The van der Waals surface area contributed by atoms with E-state index in [1.165, 1.54) is 6.20 Å². The monoisotopic (exact) mass is 358 g/mol. The van der Waals surface area contributed by atoms with Crippen LogP contribution < -0.4 is 0 Å². The Bertz CT molecular complexity index is 570. The van der Waals surface area contributed by atoms with Gasteiger partial charge in [-0.2, -0.15) is 0 Å². The Hall–Kier alpha value is -0.910. The predicted octanol–water partition coefficient (Wildman–Crippen LogP) is 4.22. The van der Waals surface area contributed by atoms with Crippen molar-refractivity contribution < 1.29 is 4.79 Å². The van der Waals surface area contributed by atoms with E-state index in [1.54, 1.807) is 28.4 Å². The van der Waals surface area contributed by atoms with Crippen LogP contribution in [0.15, 0.2) is 34.2 Å². The lowest BCUT2D eigenvalue weighted by molar-refractivity contribution is 0.0754. The normalized spacial score (nSPS) is 10.5. The van der Waals surface area contributed by atoms with Gasteiger partial charge < -0.3 is 4.90 Å². The van der Waals surface area contributed by atoms with Crippen LogP contribution in [0.3, 0.4) is 0 Å². The highest BCUT2D eigenvalue weighted by molar-refractivity contribution is 9.11. The Labute approximate surface area is 129 Å². The largest absolute Gasteiger partial charge is 0.334 e. The summed E-state index contributed by atoms with van der Waals surface area (Å²) in [6.45, 7) is 3.22. The molecule has 2 aromatic heterocycles. The molecule has 6 heteroatoms. The molecule has 2 rings (SSSR count). The molecule has 0 aliphatic carbocycles. The van der Waals surface area contributed by atoms with Gasteiger partial charge in [0.15, 0.2) is 0 Å². The van der Waals surface area contributed by atoms with Gasteiger partial charge in [-0.3, -0.25) is 4.79 Å². The van der Waals surface area contributed by atoms with E-state index in [-0.39, 0.29) is 5.91 Å². The van der Waals surface area contributed by atoms with Crippen LogP contribution in [0.5, 0.6) is 0 Å². The number of aromatic nitrogens is 1. The fraction of sp³-hybridized carbons (Fsp3) is 0.231. The van der Waals surface area contributed by atoms with Crippen molar-refractivity contribution in [1.82, 2.24) is 9.88 Å². The van der Waals surface area contributed by atoms with Crippen molar-refractivity contribution in [3.8, 4) is 0 Å². The first-order valence-corrected chi connectivity index (χ1v) is 7.74. The molecular weight excluding hydrogens is 348 g/mol. The second-order valence-corrected chi connectivity index (χ2v) is 6.83.